The minimum atomic E-state index is -1.75. The van der Waals surface area contributed by atoms with Crippen LogP contribution in [0.2, 0.25) is 0 Å². The summed E-state index contributed by atoms with van der Waals surface area (Å²) in [7, 11) is 5.53. The summed E-state index contributed by atoms with van der Waals surface area (Å²) in [5.41, 5.74) is 0.927. The van der Waals surface area contributed by atoms with E-state index in [0.29, 0.717) is 36.9 Å². The fraction of sp³-hybridized carbons (Fsp3) is 0.545. The number of carbonyl (C=O) groups excluding carboxylic acids is 7. The molecule has 4 aromatic rings. The van der Waals surface area contributed by atoms with Gasteiger partial charge in [-0.3, -0.25) is 24.0 Å². The van der Waals surface area contributed by atoms with E-state index in [2.05, 4.69) is 29.1 Å². The molecule has 6 heterocycles. The maximum absolute atomic E-state index is 14.8. The summed E-state index contributed by atoms with van der Waals surface area (Å²) in [5.74, 6) is -2.98. The highest BCUT2D eigenvalue weighted by Gasteiger charge is 2.49. The van der Waals surface area contributed by atoms with Crippen molar-refractivity contribution in [3.63, 3.8) is 0 Å². The van der Waals surface area contributed by atoms with Gasteiger partial charge in [0.25, 0.3) is 23.6 Å². The molecule has 0 radical (unpaired) electrons. The Bertz CT molecular complexity index is 3820. The van der Waals surface area contributed by atoms with Crippen molar-refractivity contribution in [1.82, 2.24) is 25.8 Å². The smallest absolute Gasteiger partial charge is 0.416 e. The summed E-state index contributed by atoms with van der Waals surface area (Å²) in [6.45, 7) is 11.4. The highest BCUT2D eigenvalue weighted by atomic mass is 16.7. The van der Waals surface area contributed by atoms with E-state index in [4.69, 9.17) is 71.1 Å². The van der Waals surface area contributed by atoms with Crippen molar-refractivity contribution in [3.8, 4) is 34.5 Å². The topological polar surface area (TPSA) is 469 Å². The second kappa shape index (κ2) is 40.6. The van der Waals surface area contributed by atoms with Crippen molar-refractivity contribution < 1.29 is 145 Å². The second-order valence-corrected chi connectivity index (χ2v) is 28.2. The molecule has 4 aromatic carbocycles. The number of carbonyl (C=O) groups is 7. The van der Waals surface area contributed by atoms with Crippen LogP contribution in [0.4, 0.5) is 21.0 Å². The molecule has 11 N–H and O–H groups in total. The molecule has 4 saturated heterocycles. The largest absolute Gasteiger partial charge is 0.493 e. The van der Waals surface area contributed by atoms with Gasteiger partial charge in [0.1, 0.15) is 67.9 Å². The summed E-state index contributed by atoms with van der Waals surface area (Å²) in [5, 5.41) is 95.0. The van der Waals surface area contributed by atoms with Gasteiger partial charge in [0, 0.05) is 78.0 Å². The number of rotatable bonds is 37. The predicted octanol–water partition coefficient (Wildman–Crippen LogP) is 1.01. The van der Waals surface area contributed by atoms with Crippen LogP contribution in [-0.4, -0.2) is 306 Å². The number of aliphatic hydroxyl groups is 8. The van der Waals surface area contributed by atoms with Gasteiger partial charge in [-0.2, -0.15) is 0 Å². The average molecular weight is 1600 g/mol. The molecule has 10 rings (SSSR count). The molecule has 6 aliphatic heterocycles. The van der Waals surface area contributed by atoms with E-state index in [0.717, 1.165) is 9.80 Å². The number of hydrogen-bond acceptors (Lipinski definition) is 30. The zero-order valence-corrected chi connectivity index (χ0v) is 64.2. The van der Waals surface area contributed by atoms with E-state index in [1.807, 2.05) is 13.8 Å². The third-order valence-corrected chi connectivity index (χ3v) is 19.4. The number of ether oxygens (including phenoxy) is 15. The Morgan fingerprint density at radius 3 is 1.38 bits per heavy atom. The molecule has 6 aliphatic rings. The predicted molar refractivity (Wildman–Crippen MR) is 398 cm³/mol. The summed E-state index contributed by atoms with van der Waals surface area (Å²) in [6.07, 6.45) is -18.1. The Kier molecular flexibility index (Phi) is 31.0. The molecule has 0 aliphatic carbocycles. The lowest BCUT2D eigenvalue weighted by Gasteiger charge is -2.35. The van der Waals surface area contributed by atoms with Crippen LogP contribution in [0, 0.1) is 5.92 Å². The van der Waals surface area contributed by atoms with Crippen molar-refractivity contribution in [1.29, 1.82) is 0 Å². The quantitative estimate of drug-likeness (QED) is 0.0222. The number of benzene rings is 4. The standard InChI is InChI=1S/C77H101N7O30/c1-41(2)35-105-23-21-104-22-24-106-40-63(87)80-46(13-17-107-61-31-51-47(29-59(61)102-7)70(94)81-33-42(3)25-53(81)72(96)83(51)76(98)111-36-44-9-11-57(49(27-44)68(92)78-15-19-100-5)113-74-66(90)64(88)55(85)38-109-74)14-18-108-62-32-52-48(30-60(62)103-8)71(95)82-34-43(4)26-54(82)73(97)84(52)77(99)112-37-45-10-12-58(50(28-45)69(93)79-16-20-101-6)114-75-67(91)65(89)56(86)39-110-75/h9-12,27-32,41,46,53-56,64-67,72-75,85-86,88-91,96-97H,3-4,13-26,33-40H2,1-2,5-8H3,(H,78,92)(H,79,93)(H,80,87)/t46?,53-,54-,55+,56+,64-,65-,66+,67+,72?,73?,74-,75-/m0/s1. The van der Waals surface area contributed by atoms with Gasteiger partial charge in [0.15, 0.2) is 35.5 Å². The van der Waals surface area contributed by atoms with Gasteiger partial charge in [-0.25, -0.2) is 19.4 Å². The first kappa shape index (κ1) is 86.8. The van der Waals surface area contributed by atoms with Crippen molar-refractivity contribution >= 4 is 53.1 Å². The molecule has 2 unspecified atom stereocenters. The van der Waals surface area contributed by atoms with Crippen molar-refractivity contribution in [2.75, 3.05) is 144 Å². The Morgan fingerprint density at radius 2 is 0.956 bits per heavy atom. The summed E-state index contributed by atoms with van der Waals surface area (Å²) < 4.78 is 85.9. The van der Waals surface area contributed by atoms with Gasteiger partial charge in [-0.15, -0.1) is 0 Å². The van der Waals surface area contributed by atoms with E-state index in [1.165, 1.54) is 98.9 Å². The van der Waals surface area contributed by atoms with Gasteiger partial charge >= 0.3 is 12.2 Å². The SMILES string of the molecule is C=C1C[C@H]2C(O)N(C(=O)OCc3ccc(O[C@@H]4OC[C@@H](O)[C@H](O)[C@H]4O)c(C(=O)NCCOC)c3)c3cc(OCCC(CCOc4cc5c(cc4OC)C(=O)N4CC(=C)C[C@H]4C(O)N5C(=O)OCc4ccc(O[C@@H]5OC[C@@H](O)[C@H](O)[C@H]5O)c(C(=O)NCCOC)c4)NC(=O)COCCOCCOCC(C)C)c(OC)cc3C(=O)N2C1. The number of methoxy groups -OCH3 is 4. The van der Waals surface area contributed by atoms with Crippen LogP contribution in [0.5, 0.6) is 34.5 Å². The van der Waals surface area contributed by atoms with Crippen LogP contribution in [0.15, 0.2) is 85.0 Å². The van der Waals surface area contributed by atoms with E-state index in [1.54, 1.807) is 0 Å². The van der Waals surface area contributed by atoms with Crippen LogP contribution >= 0.6 is 0 Å². The average Bonchev–Trinajstić information content (AvgIpc) is 1.59. The number of hydrogen-bond donors (Lipinski definition) is 11. The van der Waals surface area contributed by atoms with Gasteiger partial charge in [-0.1, -0.05) is 50.3 Å². The third-order valence-electron chi connectivity index (χ3n) is 19.4. The first-order chi connectivity index (χ1) is 54.7. The van der Waals surface area contributed by atoms with Crippen molar-refractivity contribution in [3.05, 3.63) is 118 Å². The van der Waals surface area contributed by atoms with Crippen molar-refractivity contribution in [2.24, 2.45) is 5.92 Å². The number of fused-ring (bicyclic) bond motifs is 4. The second-order valence-electron chi connectivity index (χ2n) is 28.2. The molecular formula is C77H101N7O30. The molecule has 37 nitrogen and oxygen atoms in total. The molecule has 37 heteroatoms. The lowest BCUT2D eigenvalue weighted by molar-refractivity contribution is -0.242. The van der Waals surface area contributed by atoms with E-state index >= 15 is 0 Å². The monoisotopic (exact) mass is 1600 g/mol. The zero-order valence-electron chi connectivity index (χ0n) is 64.2. The Hall–Kier alpha value is -9.55. The lowest BCUT2D eigenvalue weighted by Crippen LogP contribution is -2.54. The number of aliphatic hydroxyl groups excluding tert-OH is 8. The van der Waals surface area contributed by atoms with Crippen LogP contribution in [0.3, 0.4) is 0 Å². The zero-order chi connectivity index (χ0) is 82.0. The highest BCUT2D eigenvalue weighted by molar-refractivity contribution is 6.07. The highest BCUT2D eigenvalue weighted by Crippen LogP contribution is 2.45. The maximum Gasteiger partial charge on any atom is 0.416 e. The number of anilines is 2. The number of nitrogens with one attached hydrogen (secondary N) is 3. The number of nitrogens with zero attached hydrogens (tertiary/aromatic N) is 4. The Morgan fingerprint density at radius 1 is 0.526 bits per heavy atom. The molecule has 0 spiro atoms. The van der Waals surface area contributed by atoms with E-state index in [-0.39, 0.29) is 171 Å². The van der Waals surface area contributed by atoms with Crippen LogP contribution in [0.1, 0.15) is 92.1 Å². The maximum atomic E-state index is 14.8. The van der Waals surface area contributed by atoms with Crippen LogP contribution in [0.25, 0.3) is 0 Å². The van der Waals surface area contributed by atoms with Gasteiger partial charge < -0.3 is 138 Å². The molecule has 12 atom stereocenters. The van der Waals surface area contributed by atoms with E-state index < -0.39 is 155 Å². The minimum absolute atomic E-state index is 0.0166. The fourth-order valence-corrected chi connectivity index (χ4v) is 13.4. The summed E-state index contributed by atoms with van der Waals surface area (Å²) in [4.78, 5) is 104. The first-order valence-corrected chi connectivity index (χ1v) is 37.1. The number of amides is 7. The van der Waals surface area contributed by atoms with Crippen LogP contribution < -0.4 is 54.2 Å². The molecule has 0 bridgehead atoms. The van der Waals surface area contributed by atoms with Gasteiger partial charge in [-0.05, 0) is 66.3 Å². The molecule has 0 saturated carbocycles. The van der Waals surface area contributed by atoms with Gasteiger partial charge in [0.2, 0.25) is 18.5 Å². The normalized spacial score (nSPS) is 23.5. The molecule has 7 amide bonds. The fourth-order valence-electron chi connectivity index (χ4n) is 13.4. The molecule has 0 aromatic heterocycles. The van der Waals surface area contributed by atoms with Gasteiger partial charge in [0.05, 0.1) is 126 Å². The third kappa shape index (κ3) is 21.3. The Balaban J connectivity index is 0.887. The minimum Gasteiger partial charge on any atom is -0.493 e. The molecule has 4 fully saturated rings. The molecule has 624 valence electrons. The van der Waals surface area contributed by atoms with Crippen LogP contribution in [-0.2, 0) is 60.6 Å². The first-order valence-electron chi connectivity index (χ1n) is 37.1. The summed E-state index contributed by atoms with van der Waals surface area (Å²) >= 11 is 0. The molecular weight excluding hydrogens is 1500 g/mol. The lowest BCUT2D eigenvalue weighted by atomic mass is 10.1. The molecule has 114 heavy (non-hydrogen) atoms. The van der Waals surface area contributed by atoms with E-state index in [9.17, 15) is 74.4 Å². The van der Waals surface area contributed by atoms with Crippen molar-refractivity contribution in [2.45, 2.75) is 133 Å². The Labute approximate surface area is 656 Å². The summed E-state index contributed by atoms with van der Waals surface area (Å²) in [6, 6.07) is 10.8.